The number of hydrogen-bond acceptors (Lipinski definition) is 4. The number of para-hydroxylation sites is 1. The fraction of sp³-hybridized carbons (Fsp3) is 0.0667. The maximum absolute atomic E-state index is 5.48. The van der Waals surface area contributed by atoms with Crippen LogP contribution in [-0.2, 0) is 24.9 Å². The average Bonchev–Trinajstić information content (AvgIpc) is 2.96. The Hall–Kier alpha value is -1.84. The molecule has 0 atom stereocenters. The standard InChI is InChI=1S/C15H10N2O2.Ir/c1-18-13-8-4-6-11-14(13)10-5-2-3-7-12(10)17-9-19-16-15(11)17;/h2-6,8-9H,1H3;/q-2;. The Morgan fingerprint density at radius 3 is 2.95 bits per heavy atom. The van der Waals surface area contributed by atoms with Crippen LogP contribution in [0.3, 0.4) is 0 Å². The van der Waals surface area contributed by atoms with Crippen molar-refractivity contribution in [2.75, 3.05) is 12.0 Å². The third kappa shape index (κ3) is 1.67. The van der Waals surface area contributed by atoms with Crippen LogP contribution in [0.25, 0.3) is 11.1 Å². The van der Waals surface area contributed by atoms with Crippen molar-refractivity contribution in [3.05, 3.63) is 54.8 Å². The van der Waals surface area contributed by atoms with Gasteiger partial charge < -0.3 is 14.5 Å². The predicted octanol–water partition coefficient (Wildman–Crippen LogP) is 2.79. The maximum Gasteiger partial charge on any atom is 0.148 e. The summed E-state index contributed by atoms with van der Waals surface area (Å²) < 4.78 is 5.48. The van der Waals surface area contributed by atoms with Crippen LogP contribution < -0.4 is 9.64 Å². The molecule has 0 fully saturated rings. The first-order chi connectivity index (χ1) is 9.40. The number of oxime groups is 1. The molecule has 0 N–H and O–H groups in total. The minimum atomic E-state index is 0. The molecule has 103 valence electrons. The Labute approximate surface area is 130 Å². The van der Waals surface area contributed by atoms with E-state index in [1.807, 2.05) is 35.2 Å². The Bertz CT molecular complexity index is 700. The predicted molar refractivity (Wildman–Crippen MR) is 71.7 cm³/mol. The van der Waals surface area contributed by atoms with Crippen molar-refractivity contribution in [2.24, 2.45) is 5.16 Å². The third-order valence-corrected chi connectivity index (χ3v) is 3.35. The van der Waals surface area contributed by atoms with E-state index in [2.05, 4.69) is 17.3 Å². The maximum atomic E-state index is 5.48. The molecular formula is C15H10IrN2O2-2. The summed E-state index contributed by atoms with van der Waals surface area (Å²) in [5.41, 5.74) is 4.03. The summed E-state index contributed by atoms with van der Waals surface area (Å²) in [6.45, 7) is 1.59. The number of hydrogen-bond donors (Lipinski definition) is 0. The largest absolute Gasteiger partial charge is 0.544 e. The van der Waals surface area contributed by atoms with Crippen molar-refractivity contribution >= 4 is 11.5 Å². The van der Waals surface area contributed by atoms with Gasteiger partial charge in [0.1, 0.15) is 11.6 Å². The van der Waals surface area contributed by atoms with Gasteiger partial charge in [-0.1, -0.05) is 17.8 Å². The fourth-order valence-corrected chi connectivity index (χ4v) is 2.55. The molecule has 0 aliphatic carbocycles. The molecule has 0 bridgehead atoms. The summed E-state index contributed by atoms with van der Waals surface area (Å²) in [5.74, 6) is 1.59. The first kappa shape index (κ1) is 13.2. The van der Waals surface area contributed by atoms with Crippen LogP contribution in [0.5, 0.6) is 5.75 Å². The molecule has 4 nitrogen and oxygen atoms in total. The normalized spacial score (nSPS) is 14.2. The summed E-state index contributed by atoms with van der Waals surface area (Å²) in [6, 6.07) is 15.0. The molecule has 4 rings (SSSR count). The van der Waals surface area contributed by atoms with Gasteiger partial charge in [0.2, 0.25) is 0 Å². The van der Waals surface area contributed by atoms with Crippen molar-refractivity contribution in [1.29, 1.82) is 0 Å². The molecule has 0 saturated heterocycles. The second-order valence-corrected chi connectivity index (χ2v) is 4.31. The van der Waals surface area contributed by atoms with Crippen LogP contribution in [-0.4, -0.2) is 12.9 Å². The van der Waals surface area contributed by atoms with Gasteiger partial charge in [-0.3, -0.25) is 0 Å². The molecule has 0 unspecified atom stereocenters. The SMILES string of the molecule is COc1cccc2c1-c1ccc[c-]c1N1[CH-]ON=C21.[Ir]. The van der Waals surface area contributed by atoms with Gasteiger partial charge in [-0.15, -0.1) is 10.7 Å². The van der Waals surface area contributed by atoms with E-state index in [-0.39, 0.29) is 20.1 Å². The van der Waals surface area contributed by atoms with E-state index in [0.29, 0.717) is 0 Å². The van der Waals surface area contributed by atoms with Crippen LogP contribution >= 0.6 is 0 Å². The summed E-state index contributed by atoms with van der Waals surface area (Å²) >= 11 is 0. The summed E-state index contributed by atoms with van der Waals surface area (Å²) in [6.07, 6.45) is 0. The average molecular weight is 442 g/mol. The number of fused-ring (bicyclic) bond motifs is 6. The Morgan fingerprint density at radius 2 is 2.10 bits per heavy atom. The number of methoxy groups -OCH3 is 1. The van der Waals surface area contributed by atoms with Crippen LogP contribution in [0.15, 0.2) is 41.6 Å². The molecule has 5 heteroatoms. The quantitative estimate of drug-likeness (QED) is 0.637. The second-order valence-electron chi connectivity index (χ2n) is 4.31. The number of ether oxygens (including phenoxy) is 1. The van der Waals surface area contributed by atoms with E-state index in [1.54, 1.807) is 13.8 Å². The first-order valence-electron chi connectivity index (χ1n) is 5.95. The van der Waals surface area contributed by atoms with E-state index in [4.69, 9.17) is 9.57 Å². The summed E-state index contributed by atoms with van der Waals surface area (Å²) in [4.78, 5) is 7.01. The van der Waals surface area contributed by atoms with Gasteiger partial charge in [-0.25, -0.2) is 0 Å². The molecule has 20 heavy (non-hydrogen) atoms. The summed E-state index contributed by atoms with van der Waals surface area (Å²) in [7, 11) is 1.67. The molecule has 0 amide bonds. The molecule has 2 aromatic carbocycles. The van der Waals surface area contributed by atoms with E-state index in [0.717, 1.165) is 34.0 Å². The zero-order valence-electron chi connectivity index (χ0n) is 10.6. The van der Waals surface area contributed by atoms with E-state index >= 15 is 0 Å². The Morgan fingerprint density at radius 1 is 1.25 bits per heavy atom. The number of rotatable bonds is 1. The van der Waals surface area contributed by atoms with Gasteiger partial charge in [-0.2, -0.15) is 24.3 Å². The van der Waals surface area contributed by atoms with Crippen molar-refractivity contribution in [1.82, 2.24) is 0 Å². The van der Waals surface area contributed by atoms with Gasteiger partial charge in [0.15, 0.2) is 0 Å². The van der Waals surface area contributed by atoms with E-state index < -0.39 is 0 Å². The topological polar surface area (TPSA) is 34.1 Å². The van der Waals surface area contributed by atoms with Crippen molar-refractivity contribution in [2.45, 2.75) is 0 Å². The van der Waals surface area contributed by atoms with Crippen molar-refractivity contribution in [3.8, 4) is 16.9 Å². The van der Waals surface area contributed by atoms with Gasteiger partial charge in [0.05, 0.1) is 7.11 Å². The molecule has 0 aromatic heterocycles. The zero-order valence-corrected chi connectivity index (χ0v) is 13.0. The number of benzene rings is 2. The zero-order chi connectivity index (χ0) is 12.8. The van der Waals surface area contributed by atoms with Crippen LogP contribution in [0, 0.1) is 12.8 Å². The molecule has 0 saturated carbocycles. The molecule has 2 aliphatic heterocycles. The Balaban J connectivity index is 0.00000121. The Kier molecular flexibility index (Phi) is 3.24. The third-order valence-electron chi connectivity index (χ3n) is 3.35. The number of nitrogens with zero attached hydrogens (tertiary/aromatic N) is 2. The second kappa shape index (κ2) is 4.93. The number of anilines is 1. The van der Waals surface area contributed by atoms with Gasteiger partial charge in [0.25, 0.3) is 0 Å². The van der Waals surface area contributed by atoms with Crippen LogP contribution in [0.2, 0.25) is 0 Å². The minimum absolute atomic E-state index is 0. The molecule has 1 radical (unpaired) electrons. The van der Waals surface area contributed by atoms with E-state index in [9.17, 15) is 0 Å². The van der Waals surface area contributed by atoms with Crippen LogP contribution in [0.1, 0.15) is 5.56 Å². The summed E-state index contributed by atoms with van der Waals surface area (Å²) in [5, 5.41) is 4.08. The minimum Gasteiger partial charge on any atom is -0.544 e. The van der Waals surface area contributed by atoms with Crippen molar-refractivity contribution < 1.29 is 29.7 Å². The fourth-order valence-electron chi connectivity index (χ4n) is 2.55. The molecular weight excluding hydrogens is 432 g/mol. The van der Waals surface area contributed by atoms with Gasteiger partial charge in [-0.05, 0) is 18.4 Å². The first-order valence-corrected chi connectivity index (χ1v) is 5.95. The smallest absolute Gasteiger partial charge is 0.148 e. The van der Waals surface area contributed by atoms with E-state index in [1.165, 1.54) is 0 Å². The van der Waals surface area contributed by atoms with Crippen LogP contribution in [0.4, 0.5) is 5.69 Å². The van der Waals surface area contributed by atoms with Gasteiger partial charge in [0, 0.05) is 25.7 Å². The molecule has 2 heterocycles. The number of amidine groups is 1. The van der Waals surface area contributed by atoms with Gasteiger partial charge >= 0.3 is 0 Å². The molecule has 2 aromatic rings. The molecule has 2 aliphatic rings. The monoisotopic (exact) mass is 443 g/mol. The molecule has 0 spiro atoms. The van der Waals surface area contributed by atoms with Crippen molar-refractivity contribution in [3.63, 3.8) is 0 Å².